The maximum Gasteiger partial charge on any atom is 0.119 e. The molecule has 3 rings (SSSR count). The minimum atomic E-state index is -0.135. The average molecular weight is 220 g/mol. The molecule has 1 aromatic rings. The van der Waals surface area contributed by atoms with Crippen molar-refractivity contribution < 1.29 is 14.6 Å². The lowest BCUT2D eigenvalue weighted by atomic mass is 9.83. The summed E-state index contributed by atoms with van der Waals surface area (Å²) in [7, 11) is 0. The van der Waals surface area contributed by atoms with Gasteiger partial charge >= 0.3 is 0 Å². The van der Waals surface area contributed by atoms with Crippen LogP contribution in [-0.4, -0.2) is 30.0 Å². The van der Waals surface area contributed by atoms with E-state index in [0.717, 1.165) is 11.1 Å². The third kappa shape index (κ3) is 1.35. The van der Waals surface area contributed by atoms with Crippen molar-refractivity contribution in [3.63, 3.8) is 0 Å². The normalized spacial score (nSPS) is 36.9. The fraction of sp³-hybridized carbons (Fsp3) is 0.538. The Bertz CT molecular complexity index is 429. The molecule has 0 aromatic heterocycles. The van der Waals surface area contributed by atoms with Gasteiger partial charge in [-0.15, -0.1) is 0 Å². The third-order valence-corrected chi connectivity index (χ3v) is 3.78. The van der Waals surface area contributed by atoms with E-state index >= 15 is 0 Å². The molecule has 1 N–H and O–H groups in total. The van der Waals surface area contributed by atoms with E-state index in [1.807, 2.05) is 19.1 Å². The van der Waals surface area contributed by atoms with Crippen LogP contribution in [0.15, 0.2) is 18.2 Å². The molecule has 16 heavy (non-hydrogen) atoms. The number of epoxide rings is 1. The average Bonchev–Trinajstić information content (AvgIpc) is 2.93. The van der Waals surface area contributed by atoms with Gasteiger partial charge in [-0.25, -0.2) is 0 Å². The number of hydrogen-bond donors (Lipinski definition) is 1. The summed E-state index contributed by atoms with van der Waals surface area (Å²) in [6, 6.07) is 5.69. The number of fused-ring (bicyclic) bond motifs is 1. The fourth-order valence-electron chi connectivity index (χ4n) is 2.59. The highest BCUT2D eigenvalue weighted by molar-refractivity contribution is 5.41. The van der Waals surface area contributed by atoms with Crippen LogP contribution in [0.3, 0.4) is 0 Å². The van der Waals surface area contributed by atoms with E-state index in [-0.39, 0.29) is 17.6 Å². The van der Waals surface area contributed by atoms with E-state index in [0.29, 0.717) is 19.0 Å². The highest BCUT2D eigenvalue weighted by atomic mass is 16.6. The van der Waals surface area contributed by atoms with Crippen LogP contribution in [0.1, 0.15) is 24.0 Å². The van der Waals surface area contributed by atoms with Crippen LogP contribution >= 0.6 is 0 Å². The van der Waals surface area contributed by atoms with Gasteiger partial charge in [0.05, 0.1) is 13.2 Å². The molecule has 0 saturated carbocycles. The van der Waals surface area contributed by atoms with Gasteiger partial charge in [-0.1, -0.05) is 17.7 Å². The number of rotatable bonds is 1. The summed E-state index contributed by atoms with van der Waals surface area (Å²) >= 11 is 0. The van der Waals surface area contributed by atoms with Gasteiger partial charge < -0.3 is 14.6 Å². The van der Waals surface area contributed by atoms with E-state index in [1.54, 1.807) is 6.07 Å². The van der Waals surface area contributed by atoms with Crippen molar-refractivity contribution in [1.29, 1.82) is 0 Å². The van der Waals surface area contributed by atoms with Gasteiger partial charge in [0.2, 0.25) is 0 Å². The van der Waals surface area contributed by atoms with Crippen molar-refractivity contribution >= 4 is 0 Å². The Morgan fingerprint density at radius 2 is 2.19 bits per heavy atom. The number of aromatic hydroxyl groups is 1. The summed E-state index contributed by atoms with van der Waals surface area (Å²) < 4.78 is 11.2. The number of phenols is 1. The zero-order valence-corrected chi connectivity index (χ0v) is 9.56. The predicted molar refractivity (Wildman–Crippen MR) is 59.7 cm³/mol. The van der Waals surface area contributed by atoms with Gasteiger partial charge in [0, 0.05) is 11.5 Å². The number of benzene rings is 1. The lowest BCUT2D eigenvalue weighted by Gasteiger charge is -2.26. The van der Waals surface area contributed by atoms with Crippen LogP contribution in [0.4, 0.5) is 0 Å². The highest BCUT2D eigenvalue weighted by Gasteiger charge is 2.60. The number of hydrogen-bond acceptors (Lipinski definition) is 3. The van der Waals surface area contributed by atoms with Gasteiger partial charge in [0.1, 0.15) is 17.5 Å². The fourth-order valence-corrected chi connectivity index (χ4v) is 2.59. The molecule has 2 saturated heterocycles. The Balaban J connectivity index is 1.99. The second kappa shape index (κ2) is 3.22. The van der Waals surface area contributed by atoms with E-state index < -0.39 is 0 Å². The smallest absolute Gasteiger partial charge is 0.119 e. The first-order chi connectivity index (χ1) is 7.61. The zero-order chi connectivity index (χ0) is 11.3. The molecule has 0 spiro atoms. The molecule has 3 heteroatoms. The number of phenolic OH excluding ortho intramolecular Hbond substituents is 1. The van der Waals surface area contributed by atoms with Crippen molar-refractivity contribution in [2.24, 2.45) is 0 Å². The Labute approximate surface area is 95.0 Å². The van der Waals surface area contributed by atoms with Gasteiger partial charge in [0.15, 0.2) is 0 Å². The van der Waals surface area contributed by atoms with Crippen LogP contribution in [0, 0.1) is 6.92 Å². The lowest BCUT2D eigenvalue weighted by Crippen LogP contribution is -2.32. The molecule has 1 aromatic carbocycles. The minimum Gasteiger partial charge on any atom is -0.508 e. The summed E-state index contributed by atoms with van der Waals surface area (Å²) in [5.41, 5.74) is 1.97. The lowest BCUT2D eigenvalue weighted by molar-refractivity contribution is 0.0829. The van der Waals surface area contributed by atoms with Crippen LogP contribution in [-0.2, 0) is 9.47 Å². The summed E-state index contributed by atoms with van der Waals surface area (Å²) in [6.45, 7) is 5.44. The van der Waals surface area contributed by atoms with Crippen LogP contribution in [0.25, 0.3) is 0 Å². The molecule has 0 bridgehead atoms. The van der Waals surface area contributed by atoms with E-state index in [1.165, 1.54) is 0 Å². The van der Waals surface area contributed by atoms with Crippen LogP contribution < -0.4 is 0 Å². The van der Waals surface area contributed by atoms with E-state index in [9.17, 15) is 5.11 Å². The third-order valence-electron chi connectivity index (χ3n) is 3.78. The molecule has 2 aliphatic rings. The second-order valence-corrected chi connectivity index (χ2v) is 4.94. The largest absolute Gasteiger partial charge is 0.508 e. The first-order valence-electron chi connectivity index (χ1n) is 5.66. The van der Waals surface area contributed by atoms with Crippen molar-refractivity contribution in [2.75, 3.05) is 13.2 Å². The first-order valence-corrected chi connectivity index (χ1v) is 5.66. The van der Waals surface area contributed by atoms with Gasteiger partial charge in [-0.2, -0.15) is 0 Å². The van der Waals surface area contributed by atoms with Gasteiger partial charge in [-0.05, 0) is 19.9 Å². The second-order valence-electron chi connectivity index (χ2n) is 4.94. The number of ether oxygens (including phenoxy) is 2. The quantitative estimate of drug-likeness (QED) is 0.736. The molecule has 0 unspecified atom stereocenters. The Morgan fingerprint density at radius 3 is 3.00 bits per heavy atom. The van der Waals surface area contributed by atoms with Crippen LogP contribution in [0.5, 0.6) is 5.75 Å². The number of aryl methyl sites for hydroxylation is 1. The van der Waals surface area contributed by atoms with E-state index in [4.69, 9.17) is 9.47 Å². The predicted octanol–water partition coefficient (Wildman–Crippen LogP) is 1.97. The summed E-state index contributed by atoms with van der Waals surface area (Å²) in [5, 5.41) is 9.93. The molecule has 2 aliphatic heterocycles. The van der Waals surface area contributed by atoms with E-state index in [2.05, 4.69) is 6.92 Å². The molecular weight excluding hydrogens is 204 g/mol. The summed E-state index contributed by atoms with van der Waals surface area (Å²) in [5.74, 6) is 0.489. The molecule has 3 atom stereocenters. The molecule has 2 fully saturated rings. The van der Waals surface area contributed by atoms with Crippen LogP contribution in [0.2, 0.25) is 0 Å². The van der Waals surface area contributed by atoms with Crippen molar-refractivity contribution in [3.8, 4) is 5.75 Å². The monoisotopic (exact) mass is 220 g/mol. The minimum absolute atomic E-state index is 0.135. The molecule has 3 nitrogen and oxygen atoms in total. The molecule has 2 heterocycles. The van der Waals surface area contributed by atoms with Gasteiger partial charge in [0.25, 0.3) is 0 Å². The Kier molecular flexibility index (Phi) is 2.03. The standard InChI is InChI=1S/C13H16O3/c1-8-3-4-11(14)9(5-8)10-6-15-7-12-13(10,2)16-12/h3-5,10,12,14H,6-7H2,1-2H3/t10-,12-,13-/m1/s1. The van der Waals surface area contributed by atoms with Gasteiger partial charge in [-0.3, -0.25) is 0 Å². The Hall–Kier alpha value is -1.06. The Morgan fingerprint density at radius 1 is 1.38 bits per heavy atom. The molecule has 0 radical (unpaired) electrons. The first kappa shape index (κ1) is 10.1. The van der Waals surface area contributed by atoms with Crippen molar-refractivity contribution in [1.82, 2.24) is 0 Å². The summed E-state index contributed by atoms with van der Waals surface area (Å²) in [4.78, 5) is 0. The maximum atomic E-state index is 9.93. The molecule has 86 valence electrons. The molecular formula is C13H16O3. The topological polar surface area (TPSA) is 42.0 Å². The molecule has 0 amide bonds. The maximum absolute atomic E-state index is 9.93. The molecule has 0 aliphatic carbocycles. The van der Waals surface area contributed by atoms with Crippen molar-refractivity contribution in [3.05, 3.63) is 29.3 Å². The van der Waals surface area contributed by atoms with Crippen molar-refractivity contribution in [2.45, 2.75) is 31.5 Å². The summed E-state index contributed by atoms with van der Waals surface area (Å²) in [6.07, 6.45) is 0.200. The zero-order valence-electron chi connectivity index (χ0n) is 9.56. The highest BCUT2D eigenvalue weighted by Crippen LogP contribution is 2.52. The SMILES string of the molecule is Cc1ccc(O)c([C@H]2COC[C@H]3O[C@]23C)c1.